The Bertz CT molecular complexity index is 1230. The fraction of sp³-hybridized carbons (Fsp3) is 0.100. The highest BCUT2D eigenvalue weighted by atomic mass is 16.1. The Hall–Kier alpha value is -4.01. The van der Waals surface area contributed by atoms with Gasteiger partial charge in [0, 0.05) is 17.3 Å². The Morgan fingerprint density at radius 1 is 1.15 bits per heavy atom. The molecular weight excluding hydrogens is 340 g/mol. The maximum absolute atomic E-state index is 12.4. The molecule has 1 aliphatic rings. The molecule has 27 heavy (non-hydrogen) atoms. The van der Waals surface area contributed by atoms with Gasteiger partial charge in [-0.25, -0.2) is 4.67 Å². The molecule has 1 aromatic carbocycles. The van der Waals surface area contributed by atoms with Crippen molar-refractivity contribution in [3.8, 4) is 11.8 Å². The summed E-state index contributed by atoms with van der Waals surface area (Å²) in [5.41, 5.74) is 2.95. The molecule has 3 heterocycles. The number of benzene rings is 1. The van der Waals surface area contributed by atoms with Gasteiger partial charge in [0.2, 0.25) is 5.82 Å². The van der Waals surface area contributed by atoms with Crippen LogP contribution in [0.1, 0.15) is 34.2 Å². The van der Waals surface area contributed by atoms with Gasteiger partial charge in [0.25, 0.3) is 12.1 Å². The number of hydrogen-bond donors (Lipinski definition) is 1. The van der Waals surface area contributed by atoms with Crippen LogP contribution in [0.25, 0.3) is 5.65 Å². The third kappa shape index (κ3) is 3.38. The van der Waals surface area contributed by atoms with Crippen LogP contribution in [0, 0.1) is 18.8 Å². The van der Waals surface area contributed by atoms with E-state index in [1.807, 2.05) is 41.8 Å². The van der Waals surface area contributed by atoms with Crippen molar-refractivity contribution in [3.63, 3.8) is 0 Å². The summed E-state index contributed by atoms with van der Waals surface area (Å²) in [5.74, 6) is 7.45. The first-order chi connectivity index (χ1) is 13.1. The van der Waals surface area contributed by atoms with E-state index in [0.29, 0.717) is 23.1 Å². The third-order valence-corrected chi connectivity index (χ3v) is 4.02. The minimum absolute atomic E-state index is 0.258. The normalized spacial score (nSPS) is 12.4. The molecule has 3 aromatic rings. The van der Waals surface area contributed by atoms with Crippen LogP contribution in [0.2, 0.25) is 0 Å². The van der Waals surface area contributed by atoms with E-state index >= 15 is 0 Å². The number of carbonyl (C=O) groups is 1. The molecule has 2 aromatic heterocycles. The van der Waals surface area contributed by atoms with Crippen LogP contribution in [0.15, 0.2) is 47.6 Å². The van der Waals surface area contributed by atoms with Crippen LogP contribution in [-0.2, 0) is 0 Å². The van der Waals surface area contributed by atoms with Crippen LogP contribution in [0.3, 0.4) is 0 Å². The first-order valence-electron chi connectivity index (χ1n) is 8.30. The fourth-order valence-electron chi connectivity index (χ4n) is 2.58. The average molecular weight is 355 g/mol. The number of nitrogens with zero attached hydrogens (tertiary/aromatic N) is 5. The van der Waals surface area contributed by atoms with E-state index in [4.69, 9.17) is 0 Å². The molecule has 0 saturated heterocycles. The number of amides is 1. The van der Waals surface area contributed by atoms with Gasteiger partial charge in [0.1, 0.15) is 0 Å². The monoisotopic (exact) mass is 355 g/mol. The summed E-state index contributed by atoms with van der Waals surface area (Å²) < 4.78 is 5.83. The van der Waals surface area contributed by atoms with Gasteiger partial charge in [0.15, 0.2) is 5.65 Å². The number of rotatable bonds is 1. The Morgan fingerprint density at radius 3 is 2.85 bits per heavy atom. The van der Waals surface area contributed by atoms with Crippen molar-refractivity contribution in [1.82, 2.24) is 24.6 Å². The van der Waals surface area contributed by atoms with E-state index < -0.39 is 0 Å². The van der Waals surface area contributed by atoms with Gasteiger partial charge in [0.05, 0.1) is 6.92 Å². The molecule has 1 amide bonds. The van der Waals surface area contributed by atoms with Crippen LogP contribution >= 0.6 is 0 Å². The molecule has 4 rings (SSSR count). The van der Waals surface area contributed by atoms with Crippen molar-refractivity contribution < 1.29 is 4.79 Å². The predicted octanol–water partition coefficient (Wildman–Crippen LogP) is 1.14. The molecule has 0 atom stereocenters. The lowest BCUT2D eigenvalue weighted by molar-refractivity contribution is 0.0977. The lowest BCUT2D eigenvalue weighted by Gasteiger charge is -2.03. The maximum atomic E-state index is 12.4. The zero-order chi connectivity index (χ0) is 18.8. The second-order valence-electron chi connectivity index (χ2n) is 5.99. The highest BCUT2D eigenvalue weighted by molar-refractivity contribution is 6.37. The molecule has 0 fully saturated rings. The summed E-state index contributed by atoms with van der Waals surface area (Å²) in [6.07, 6.45) is 3.39. The molecule has 0 unspecified atom stereocenters. The first kappa shape index (κ1) is 16.5. The molecule has 0 aliphatic carbocycles. The highest BCUT2D eigenvalue weighted by Gasteiger charge is 2.18. The van der Waals surface area contributed by atoms with Crippen LogP contribution in [0.4, 0.5) is 0 Å². The SMILES string of the molecule is CC1=[N+]=CC(NC(=O)c2ccc(C)c(C#Cc3nnc4ccccn34)c2)=N1. The Labute approximate surface area is 155 Å². The summed E-state index contributed by atoms with van der Waals surface area (Å²) in [6, 6.07) is 11.0. The number of aryl methyl sites for hydroxylation is 1. The topological polar surface area (TPSA) is 85.8 Å². The molecule has 7 nitrogen and oxygen atoms in total. The summed E-state index contributed by atoms with van der Waals surface area (Å²) in [6.45, 7) is 3.71. The Balaban J connectivity index is 1.61. The molecule has 0 spiro atoms. The number of pyridine rings is 1. The van der Waals surface area contributed by atoms with E-state index in [0.717, 1.165) is 16.8 Å². The van der Waals surface area contributed by atoms with E-state index in [2.05, 4.69) is 37.0 Å². The largest absolute Gasteiger partial charge is 0.389 e. The van der Waals surface area contributed by atoms with Crippen molar-refractivity contribution in [3.05, 3.63) is 65.1 Å². The van der Waals surface area contributed by atoms with Gasteiger partial charge in [-0.3, -0.25) is 14.5 Å². The van der Waals surface area contributed by atoms with Crippen LogP contribution in [-0.4, -0.2) is 38.4 Å². The molecule has 1 aliphatic heterocycles. The lowest BCUT2D eigenvalue weighted by atomic mass is 10.0. The smallest absolute Gasteiger partial charge is 0.281 e. The molecule has 0 radical (unpaired) electrons. The van der Waals surface area contributed by atoms with Gasteiger partial charge in [-0.05, 0) is 47.7 Å². The number of aromatic nitrogens is 3. The number of fused-ring (bicyclic) bond motifs is 1. The van der Waals surface area contributed by atoms with Crippen LogP contribution < -0.4 is 9.98 Å². The van der Waals surface area contributed by atoms with Crippen molar-refractivity contribution in [1.29, 1.82) is 0 Å². The third-order valence-electron chi connectivity index (χ3n) is 4.02. The number of aliphatic imine (C=N–C) groups is 1. The molecule has 130 valence electrons. The van der Waals surface area contributed by atoms with E-state index in [1.165, 1.54) is 6.21 Å². The second kappa shape index (κ2) is 6.71. The van der Waals surface area contributed by atoms with Crippen molar-refractivity contribution >= 4 is 29.4 Å². The van der Waals surface area contributed by atoms with Gasteiger partial charge >= 0.3 is 11.7 Å². The van der Waals surface area contributed by atoms with Crippen LogP contribution in [0.5, 0.6) is 0 Å². The van der Waals surface area contributed by atoms with Gasteiger partial charge in [-0.1, -0.05) is 18.1 Å². The highest BCUT2D eigenvalue weighted by Crippen LogP contribution is 2.11. The van der Waals surface area contributed by atoms with Gasteiger partial charge in [-0.2, -0.15) is 0 Å². The maximum Gasteiger partial charge on any atom is 0.389 e. The van der Waals surface area contributed by atoms with Gasteiger partial charge in [-0.15, -0.1) is 10.2 Å². The number of amidine groups is 2. The first-order valence-corrected chi connectivity index (χ1v) is 8.30. The molecule has 1 N–H and O–H groups in total. The summed E-state index contributed by atoms with van der Waals surface area (Å²) >= 11 is 0. The number of carbonyl (C=O) groups excluding carboxylic acids is 1. The van der Waals surface area contributed by atoms with Gasteiger partial charge < -0.3 is 0 Å². The van der Waals surface area contributed by atoms with Crippen molar-refractivity contribution in [2.75, 3.05) is 0 Å². The van der Waals surface area contributed by atoms with Crippen molar-refractivity contribution in [2.45, 2.75) is 13.8 Å². The summed E-state index contributed by atoms with van der Waals surface area (Å²) in [5, 5.41) is 10.9. The molecule has 7 heteroatoms. The lowest BCUT2D eigenvalue weighted by Crippen LogP contribution is -2.31. The molecular formula is C20H15N6O+. The number of hydrogen-bond acceptors (Lipinski definition) is 4. The Morgan fingerprint density at radius 2 is 2.04 bits per heavy atom. The summed E-state index contributed by atoms with van der Waals surface area (Å²) in [4.78, 5) is 16.6. The standard InChI is InChI=1S/C20H14N6O/c1-13-6-7-16(20(27)23-17-12-21-14(2)22-17)11-15(13)8-9-19-25-24-18-5-3-4-10-26(18)19/h3-7,10-12H,1-2H3/p+1. The van der Waals surface area contributed by atoms with E-state index in [1.54, 1.807) is 19.1 Å². The zero-order valence-electron chi connectivity index (χ0n) is 14.8. The average Bonchev–Trinajstić information content (AvgIpc) is 3.27. The van der Waals surface area contributed by atoms with E-state index in [-0.39, 0.29) is 5.91 Å². The molecule has 0 bridgehead atoms. The second-order valence-corrected chi connectivity index (χ2v) is 5.99. The number of nitrogens with one attached hydrogen (secondary N) is 1. The van der Waals surface area contributed by atoms with E-state index in [9.17, 15) is 4.79 Å². The minimum atomic E-state index is -0.258. The molecule has 0 saturated carbocycles. The quantitative estimate of drug-likeness (QED) is 0.525. The zero-order valence-corrected chi connectivity index (χ0v) is 14.8. The predicted molar refractivity (Wildman–Crippen MR) is 104 cm³/mol. The fourth-order valence-corrected chi connectivity index (χ4v) is 2.58. The van der Waals surface area contributed by atoms with Crippen molar-refractivity contribution in [2.24, 2.45) is 4.99 Å². The minimum Gasteiger partial charge on any atom is -0.281 e. The Kier molecular flexibility index (Phi) is 4.09. The summed E-state index contributed by atoms with van der Waals surface area (Å²) in [7, 11) is 0.